The lowest BCUT2D eigenvalue weighted by Gasteiger charge is -2.16. The first-order valence-corrected chi connectivity index (χ1v) is 5.08. The first kappa shape index (κ1) is 12.5. The summed E-state index contributed by atoms with van der Waals surface area (Å²) in [4.78, 5) is 0. The van der Waals surface area contributed by atoms with Crippen LogP contribution in [0.4, 0.5) is 5.82 Å². The quantitative estimate of drug-likeness (QED) is 0.652. The van der Waals surface area contributed by atoms with Crippen molar-refractivity contribution in [2.75, 3.05) is 11.9 Å². The molecule has 0 aliphatic rings. The van der Waals surface area contributed by atoms with Crippen molar-refractivity contribution >= 4 is 5.82 Å². The van der Waals surface area contributed by atoms with E-state index in [9.17, 15) is 5.11 Å². The van der Waals surface area contributed by atoms with Crippen molar-refractivity contribution in [3.8, 4) is 6.07 Å². The maximum Gasteiger partial charge on any atom is 0.142 e. The van der Waals surface area contributed by atoms with Gasteiger partial charge in [0.05, 0.1) is 11.8 Å². The van der Waals surface area contributed by atoms with Gasteiger partial charge >= 0.3 is 0 Å². The molecule has 2 atom stereocenters. The molecular formula is C10H17N5O. The molecule has 0 spiro atoms. The zero-order valence-electron chi connectivity index (χ0n) is 9.73. The summed E-state index contributed by atoms with van der Waals surface area (Å²) in [6.07, 6.45) is -0.590. The second kappa shape index (κ2) is 4.96. The average molecular weight is 223 g/mol. The van der Waals surface area contributed by atoms with Crippen molar-refractivity contribution < 1.29 is 5.11 Å². The fourth-order valence-electron chi connectivity index (χ4n) is 1.38. The number of aryl methyl sites for hydroxylation is 2. The van der Waals surface area contributed by atoms with Gasteiger partial charge in [-0.3, -0.25) is 4.68 Å². The molecule has 2 unspecified atom stereocenters. The maximum absolute atomic E-state index is 9.25. The van der Waals surface area contributed by atoms with Crippen molar-refractivity contribution in [1.82, 2.24) is 9.78 Å². The number of hydrogen-bond acceptors (Lipinski definition) is 5. The van der Waals surface area contributed by atoms with Crippen LogP contribution >= 0.6 is 0 Å². The van der Waals surface area contributed by atoms with Crippen LogP contribution in [0.5, 0.6) is 0 Å². The number of nitriles is 1. The van der Waals surface area contributed by atoms with E-state index in [-0.39, 0.29) is 6.04 Å². The molecule has 0 saturated heterocycles. The van der Waals surface area contributed by atoms with Crippen LogP contribution in [0.3, 0.4) is 0 Å². The van der Waals surface area contributed by atoms with Crippen molar-refractivity contribution in [2.24, 2.45) is 12.8 Å². The van der Waals surface area contributed by atoms with Crippen molar-refractivity contribution in [3.05, 3.63) is 11.3 Å². The first-order valence-electron chi connectivity index (χ1n) is 5.08. The molecule has 6 nitrogen and oxygen atoms in total. The van der Waals surface area contributed by atoms with Crippen LogP contribution in [-0.4, -0.2) is 33.6 Å². The van der Waals surface area contributed by atoms with Crippen LogP contribution in [0.25, 0.3) is 0 Å². The van der Waals surface area contributed by atoms with E-state index >= 15 is 0 Å². The van der Waals surface area contributed by atoms with Gasteiger partial charge in [-0.05, 0) is 13.8 Å². The van der Waals surface area contributed by atoms with E-state index in [0.717, 1.165) is 0 Å². The van der Waals surface area contributed by atoms with Crippen LogP contribution in [0.15, 0.2) is 0 Å². The summed E-state index contributed by atoms with van der Waals surface area (Å²) in [5.74, 6) is 0.635. The normalized spacial score (nSPS) is 14.2. The van der Waals surface area contributed by atoms with Gasteiger partial charge in [0, 0.05) is 19.6 Å². The molecule has 0 fully saturated rings. The Kier molecular flexibility index (Phi) is 3.88. The number of aromatic nitrogens is 2. The maximum atomic E-state index is 9.25. The molecular weight excluding hydrogens is 206 g/mol. The highest BCUT2D eigenvalue weighted by Gasteiger charge is 2.15. The molecule has 1 heterocycles. The summed E-state index contributed by atoms with van der Waals surface area (Å²) in [5.41, 5.74) is 6.88. The Balaban J connectivity index is 2.78. The molecule has 88 valence electrons. The minimum Gasteiger partial charge on any atom is -0.392 e. The number of nitrogens with zero attached hydrogens (tertiary/aromatic N) is 3. The number of aliphatic hydroxyl groups excluding tert-OH is 1. The topological polar surface area (TPSA) is 99.9 Å². The Morgan fingerprint density at radius 3 is 2.81 bits per heavy atom. The molecule has 0 amide bonds. The van der Waals surface area contributed by atoms with E-state index in [1.54, 1.807) is 25.6 Å². The van der Waals surface area contributed by atoms with Gasteiger partial charge in [-0.2, -0.15) is 10.4 Å². The molecule has 1 aromatic rings. The summed E-state index contributed by atoms with van der Waals surface area (Å²) >= 11 is 0. The third-order valence-electron chi connectivity index (χ3n) is 2.46. The van der Waals surface area contributed by atoms with Crippen LogP contribution in [0.2, 0.25) is 0 Å². The third kappa shape index (κ3) is 2.51. The number of aliphatic hydroxyl groups is 1. The van der Waals surface area contributed by atoms with Gasteiger partial charge in [0.1, 0.15) is 17.5 Å². The Morgan fingerprint density at radius 2 is 2.31 bits per heavy atom. The molecule has 0 bridgehead atoms. The minimum absolute atomic E-state index is 0.373. The standard InChI is InChI=1S/C10H17N5O/c1-6-8(4-11)10(15(3)14-6)13-5-9(12)7(2)16/h7,9,13,16H,5,12H2,1-3H3. The van der Waals surface area contributed by atoms with Crippen LogP contribution in [0, 0.1) is 18.3 Å². The lowest BCUT2D eigenvalue weighted by atomic mass is 10.2. The fourth-order valence-corrected chi connectivity index (χ4v) is 1.38. The van der Waals surface area contributed by atoms with Crippen LogP contribution in [-0.2, 0) is 7.05 Å². The predicted molar refractivity (Wildman–Crippen MR) is 60.8 cm³/mol. The van der Waals surface area contributed by atoms with Gasteiger partial charge in [0.25, 0.3) is 0 Å². The first-order chi connectivity index (χ1) is 7.47. The Morgan fingerprint density at radius 1 is 1.69 bits per heavy atom. The molecule has 16 heavy (non-hydrogen) atoms. The van der Waals surface area contributed by atoms with E-state index in [1.165, 1.54) is 0 Å². The summed E-state index contributed by atoms with van der Waals surface area (Å²) in [6.45, 7) is 3.80. The van der Waals surface area contributed by atoms with Gasteiger partial charge < -0.3 is 16.2 Å². The number of nitrogens with one attached hydrogen (secondary N) is 1. The van der Waals surface area contributed by atoms with E-state index in [4.69, 9.17) is 11.0 Å². The second-order valence-corrected chi connectivity index (χ2v) is 3.83. The summed E-state index contributed by atoms with van der Waals surface area (Å²) in [7, 11) is 1.75. The Bertz CT molecular complexity index is 404. The van der Waals surface area contributed by atoms with E-state index < -0.39 is 6.10 Å². The largest absolute Gasteiger partial charge is 0.392 e. The van der Waals surface area contributed by atoms with Crippen molar-refractivity contribution in [2.45, 2.75) is 26.0 Å². The number of rotatable bonds is 4. The van der Waals surface area contributed by atoms with Crippen molar-refractivity contribution in [3.63, 3.8) is 0 Å². The van der Waals surface area contributed by atoms with Crippen LogP contribution in [0.1, 0.15) is 18.2 Å². The molecule has 1 rings (SSSR count). The number of hydrogen-bond donors (Lipinski definition) is 3. The Labute approximate surface area is 94.7 Å². The highest BCUT2D eigenvalue weighted by atomic mass is 16.3. The SMILES string of the molecule is Cc1nn(C)c(NCC(N)C(C)O)c1C#N. The molecule has 1 aromatic heterocycles. The zero-order valence-corrected chi connectivity index (χ0v) is 9.73. The molecule has 0 aromatic carbocycles. The Hall–Kier alpha value is -1.58. The van der Waals surface area contributed by atoms with Crippen molar-refractivity contribution in [1.29, 1.82) is 5.26 Å². The number of nitrogens with two attached hydrogens (primary N) is 1. The smallest absolute Gasteiger partial charge is 0.142 e. The van der Waals surface area contributed by atoms with Gasteiger partial charge in [0.2, 0.25) is 0 Å². The summed E-state index contributed by atoms with van der Waals surface area (Å²) < 4.78 is 1.60. The molecule has 6 heteroatoms. The lowest BCUT2D eigenvalue weighted by molar-refractivity contribution is 0.168. The summed E-state index contributed by atoms with van der Waals surface area (Å²) in [5, 5.41) is 25.4. The molecule has 0 aliphatic heterocycles. The summed E-state index contributed by atoms with van der Waals surface area (Å²) in [6, 6.07) is 1.72. The van der Waals surface area contributed by atoms with E-state index in [0.29, 0.717) is 23.6 Å². The second-order valence-electron chi connectivity index (χ2n) is 3.83. The number of anilines is 1. The molecule has 4 N–H and O–H groups in total. The zero-order chi connectivity index (χ0) is 12.3. The molecule has 0 saturated carbocycles. The molecule has 0 aliphatic carbocycles. The lowest BCUT2D eigenvalue weighted by Crippen LogP contribution is -2.39. The van der Waals surface area contributed by atoms with E-state index in [1.807, 2.05) is 0 Å². The van der Waals surface area contributed by atoms with Gasteiger partial charge in [-0.15, -0.1) is 0 Å². The molecule has 0 radical (unpaired) electrons. The van der Waals surface area contributed by atoms with Gasteiger partial charge in [0.15, 0.2) is 0 Å². The fraction of sp³-hybridized carbons (Fsp3) is 0.600. The van der Waals surface area contributed by atoms with Gasteiger partial charge in [-0.25, -0.2) is 0 Å². The van der Waals surface area contributed by atoms with E-state index in [2.05, 4.69) is 16.5 Å². The highest BCUT2D eigenvalue weighted by Crippen LogP contribution is 2.16. The average Bonchev–Trinajstić information content (AvgIpc) is 2.48. The minimum atomic E-state index is -0.590. The highest BCUT2D eigenvalue weighted by molar-refractivity contribution is 5.55. The monoisotopic (exact) mass is 223 g/mol. The van der Waals surface area contributed by atoms with Gasteiger partial charge in [-0.1, -0.05) is 0 Å². The predicted octanol–water partition coefficient (Wildman–Crippen LogP) is -0.280. The third-order valence-corrected chi connectivity index (χ3v) is 2.46. The van der Waals surface area contributed by atoms with Crippen LogP contribution < -0.4 is 11.1 Å².